The molecule has 0 bridgehead atoms. The Balaban J connectivity index is 2.08. The second kappa shape index (κ2) is 6.51. The van der Waals surface area contributed by atoms with Crippen molar-refractivity contribution in [1.29, 1.82) is 0 Å². The van der Waals surface area contributed by atoms with Crippen LogP contribution in [0.1, 0.15) is 42.9 Å². The second-order valence-corrected chi connectivity index (χ2v) is 5.69. The molecule has 0 aliphatic heterocycles. The Morgan fingerprint density at radius 1 is 1.32 bits per heavy atom. The summed E-state index contributed by atoms with van der Waals surface area (Å²) in [7, 11) is 3.94. The first-order chi connectivity index (χ1) is 9.15. The fourth-order valence-electron chi connectivity index (χ4n) is 3.18. The summed E-state index contributed by atoms with van der Waals surface area (Å²) < 4.78 is 5.13. The minimum absolute atomic E-state index is 0.125. The van der Waals surface area contributed by atoms with E-state index in [0.29, 0.717) is 12.0 Å². The first kappa shape index (κ1) is 14.5. The number of nitrogens with zero attached hydrogens (tertiary/aromatic N) is 1. The fourth-order valence-corrected chi connectivity index (χ4v) is 3.18. The average Bonchev–Trinajstić information content (AvgIpc) is 2.43. The van der Waals surface area contributed by atoms with Crippen LogP contribution in [0.5, 0.6) is 0 Å². The molecule has 3 heteroatoms. The van der Waals surface area contributed by atoms with Crippen molar-refractivity contribution in [2.75, 3.05) is 27.3 Å². The highest BCUT2D eigenvalue weighted by atomic mass is 16.5. The maximum atomic E-state index is 6.49. The topological polar surface area (TPSA) is 38.5 Å². The number of benzene rings is 1. The maximum absolute atomic E-state index is 6.49. The van der Waals surface area contributed by atoms with Gasteiger partial charge in [-0.05, 0) is 36.9 Å². The quantitative estimate of drug-likeness (QED) is 0.829. The molecule has 1 aliphatic carbocycles. The van der Waals surface area contributed by atoms with Gasteiger partial charge in [-0.25, -0.2) is 0 Å². The predicted octanol–water partition coefficient (Wildman–Crippen LogP) is 2.53. The van der Waals surface area contributed by atoms with E-state index >= 15 is 0 Å². The van der Waals surface area contributed by atoms with Gasteiger partial charge in [0.15, 0.2) is 0 Å². The third-order valence-electron chi connectivity index (χ3n) is 4.32. The summed E-state index contributed by atoms with van der Waals surface area (Å²) in [5, 5.41) is 0. The summed E-state index contributed by atoms with van der Waals surface area (Å²) in [6, 6.07) is 9.18. The first-order valence-corrected chi connectivity index (χ1v) is 7.18. The highest BCUT2D eigenvalue weighted by molar-refractivity contribution is 5.36. The lowest BCUT2D eigenvalue weighted by Crippen LogP contribution is -2.44. The highest BCUT2D eigenvalue weighted by Gasteiger charge is 2.32. The van der Waals surface area contributed by atoms with Gasteiger partial charge in [0.1, 0.15) is 0 Å². The Labute approximate surface area is 116 Å². The van der Waals surface area contributed by atoms with E-state index in [4.69, 9.17) is 10.5 Å². The van der Waals surface area contributed by atoms with Crippen LogP contribution in [0.2, 0.25) is 0 Å². The van der Waals surface area contributed by atoms with E-state index in [2.05, 4.69) is 43.1 Å². The van der Waals surface area contributed by atoms with Crippen LogP contribution in [0.15, 0.2) is 24.3 Å². The molecule has 3 atom stereocenters. The Hall–Kier alpha value is -0.900. The molecule has 0 saturated carbocycles. The molecule has 0 saturated heterocycles. The van der Waals surface area contributed by atoms with Crippen LogP contribution in [-0.2, 0) is 4.74 Å². The van der Waals surface area contributed by atoms with Crippen LogP contribution >= 0.6 is 0 Å². The van der Waals surface area contributed by atoms with Crippen molar-refractivity contribution in [2.45, 2.75) is 37.8 Å². The Morgan fingerprint density at radius 2 is 2.00 bits per heavy atom. The molecule has 3 unspecified atom stereocenters. The van der Waals surface area contributed by atoms with Gasteiger partial charge in [0.2, 0.25) is 0 Å². The third kappa shape index (κ3) is 3.16. The van der Waals surface area contributed by atoms with Crippen LogP contribution in [0, 0.1) is 0 Å². The van der Waals surface area contributed by atoms with Crippen molar-refractivity contribution in [3.8, 4) is 0 Å². The van der Waals surface area contributed by atoms with Crippen molar-refractivity contribution >= 4 is 0 Å². The van der Waals surface area contributed by atoms with E-state index in [1.807, 2.05) is 0 Å². The lowest BCUT2D eigenvalue weighted by molar-refractivity contribution is 0.145. The smallest absolute Gasteiger partial charge is 0.0474 e. The van der Waals surface area contributed by atoms with Gasteiger partial charge in [0, 0.05) is 32.3 Å². The molecule has 0 heterocycles. The molecule has 0 spiro atoms. The molecule has 1 aromatic carbocycles. The predicted molar refractivity (Wildman–Crippen MR) is 79.3 cm³/mol. The van der Waals surface area contributed by atoms with E-state index in [9.17, 15) is 0 Å². The molecule has 2 N–H and O–H groups in total. The zero-order valence-corrected chi connectivity index (χ0v) is 12.3. The molecule has 0 amide bonds. The van der Waals surface area contributed by atoms with E-state index in [0.717, 1.165) is 26.0 Å². The maximum Gasteiger partial charge on any atom is 0.0474 e. The minimum atomic E-state index is 0.125. The summed E-state index contributed by atoms with van der Waals surface area (Å²) in [5.41, 5.74) is 9.24. The number of nitrogens with two attached hydrogens (primary N) is 1. The number of hydrogen-bond acceptors (Lipinski definition) is 3. The van der Waals surface area contributed by atoms with Gasteiger partial charge in [-0.1, -0.05) is 31.2 Å². The molecule has 106 valence electrons. The van der Waals surface area contributed by atoms with Gasteiger partial charge in [-0.3, -0.25) is 0 Å². The lowest BCUT2D eigenvalue weighted by atomic mass is 9.78. The molecule has 19 heavy (non-hydrogen) atoms. The zero-order chi connectivity index (χ0) is 13.8. The van der Waals surface area contributed by atoms with E-state index in [1.54, 1.807) is 7.11 Å². The molecular formula is C16H26N2O. The van der Waals surface area contributed by atoms with Crippen molar-refractivity contribution in [2.24, 2.45) is 5.73 Å². The zero-order valence-electron chi connectivity index (χ0n) is 12.3. The summed E-state index contributed by atoms with van der Waals surface area (Å²) in [6.45, 7) is 4.17. The summed E-state index contributed by atoms with van der Waals surface area (Å²) in [4.78, 5) is 2.40. The van der Waals surface area contributed by atoms with Crippen molar-refractivity contribution in [3.05, 3.63) is 35.4 Å². The van der Waals surface area contributed by atoms with E-state index in [-0.39, 0.29) is 6.04 Å². The molecule has 1 aromatic rings. The van der Waals surface area contributed by atoms with Gasteiger partial charge in [0.05, 0.1) is 0 Å². The number of fused-ring (bicyclic) bond motifs is 1. The van der Waals surface area contributed by atoms with Crippen molar-refractivity contribution < 1.29 is 4.74 Å². The summed E-state index contributed by atoms with van der Waals surface area (Å²) >= 11 is 0. The van der Waals surface area contributed by atoms with Crippen LogP contribution in [-0.4, -0.2) is 38.3 Å². The van der Waals surface area contributed by atoms with E-state index in [1.165, 1.54) is 11.1 Å². The van der Waals surface area contributed by atoms with Gasteiger partial charge >= 0.3 is 0 Å². The van der Waals surface area contributed by atoms with Crippen LogP contribution in [0.3, 0.4) is 0 Å². The Morgan fingerprint density at radius 3 is 2.68 bits per heavy atom. The Bertz CT molecular complexity index is 407. The van der Waals surface area contributed by atoms with E-state index < -0.39 is 0 Å². The number of ether oxygens (including phenoxy) is 1. The second-order valence-electron chi connectivity index (χ2n) is 5.69. The number of likely N-dealkylation sites (N-methyl/N-ethyl adjacent to an activating group) is 1. The normalized spacial score (nSPS) is 26.5. The summed E-state index contributed by atoms with van der Waals surface area (Å²) in [6.07, 6.45) is 2.20. The largest absolute Gasteiger partial charge is 0.385 e. The average molecular weight is 262 g/mol. The summed E-state index contributed by atoms with van der Waals surface area (Å²) in [5.74, 6) is 0.589. The van der Waals surface area contributed by atoms with Crippen molar-refractivity contribution in [1.82, 2.24) is 4.90 Å². The SMILES string of the molecule is COCCCN(C)C1CC(C)c2ccccc2C1N. The first-order valence-electron chi connectivity index (χ1n) is 7.18. The number of methoxy groups -OCH3 is 1. The van der Waals surface area contributed by atoms with Crippen molar-refractivity contribution in [3.63, 3.8) is 0 Å². The van der Waals surface area contributed by atoms with Gasteiger partial charge < -0.3 is 15.4 Å². The fraction of sp³-hybridized carbons (Fsp3) is 0.625. The molecule has 1 aliphatic rings. The Kier molecular flexibility index (Phi) is 4.97. The minimum Gasteiger partial charge on any atom is -0.385 e. The highest BCUT2D eigenvalue weighted by Crippen LogP contribution is 2.37. The standard InChI is InChI=1S/C16H26N2O/c1-12-11-15(18(2)9-6-10-19-3)16(17)14-8-5-4-7-13(12)14/h4-5,7-8,12,15-16H,6,9-11,17H2,1-3H3. The molecule has 0 fully saturated rings. The van der Waals surface area contributed by atoms with Crippen LogP contribution < -0.4 is 5.73 Å². The number of hydrogen-bond donors (Lipinski definition) is 1. The molecule has 0 aromatic heterocycles. The molecule has 0 radical (unpaired) electrons. The molecule has 2 rings (SSSR count). The molecule has 3 nitrogen and oxygen atoms in total. The van der Waals surface area contributed by atoms with Gasteiger partial charge in [-0.15, -0.1) is 0 Å². The third-order valence-corrected chi connectivity index (χ3v) is 4.32. The van der Waals surface area contributed by atoms with Crippen LogP contribution in [0.4, 0.5) is 0 Å². The van der Waals surface area contributed by atoms with Gasteiger partial charge in [-0.2, -0.15) is 0 Å². The van der Waals surface area contributed by atoms with Crippen LogP contribution in [0.25, 0.3) is 0 Å². The monoisotopic (exact) mass is 262 g/mol. The molecular weight excluding hydrogens is 236 g/mol. The number of rotatable bonds is 5. The lowest BCUT2D eigenvalue weighted by Gasteiger charge is -2.40. The van der Waals surface area contributed by atoms with Gasteiger partial charge in [0.25, 0.3) is 0 Å².